The Morgan fingerprint density at radius 3 is 2.53 bits per heavy atom. The van der Waals surface area contributed by atoms with Gasteiger partial charge in [-0.2, -0.15) is 0 Å². The van der Waals surface area contributed by atoms with Crippen LogP contribution in [0.25, 0.3) is 0 Å². The summed E-state index contributed by atoms with van der Waals surface area (Å²) in [5.41, 5.74) is 8.41. The number of hydrogen-bond acceptors (Lipinski definition) is 3. The summed E-state index contributed by atoms with van der Waals surface area (Å²) in [6, 6.07) is 14.5. The topological polar surface area (TPSA) is 35.2 Å². The Kier molecular flexibility index (Phi) is 4.51. The van der Waals surface area contributed by atoms with Gasteiger partial charge in [-0.1, -0.05) is 35.5 Å². The van der Waals surface area contributed by atoms with Crippen molar-refractivity contribution in [1.29, 1.82) is 0 Å². The minimum Gasteiger partial charge on any atom is -0.496 e. The van der Waals surface area contributed by atoms with Gasteiger partial charge in [0.05, 0.1) is 7.11 Å². The van der Waals surface area contributed by atoms with Crippen molar-refractivity contribution in [1.82, 2.24) is 0 Å². The molecule has 0 aliphatic heterocycles. The van der Waals surface area contributed by atoms with Crippen LogP contribution >= 0.6 is 11.8 Å². The molecule has 2 nitrogen and oxygen atoms in total. The molecule has 0 aliphatic rings. The van der Waals surface area contributed by atoms with E-state index in [1.54, 1.807) is 18.9 Å². The number of hydrogen-bond donors (Lipinski definition) is 1. The summed E-state index contributed by atoms with van der Waals surface area (Å²) in [6.45, 7) is 4.08. The van der Waals surface area contributed by atoms with E-state index >= 15 is 0 Å². The number of benzene rings is 2. The Morgan fingerprint density at radius 1 is 1.16 bits per heavy atom. The molecule has 0 spiro atoms. The maximum Gasteiger partial charge on any atom is 0.124 e. The van der Waals surface area contributed by atoms with Gasteiger partial charge in [0.1, 0.15) is 5.75 Å². The molecule has 0 aliphatic carbocycles. The van der Waals surface area contributed by atoms with E-state index in [2.05, 4.69) is 37.3 Å². The molecule has 0 amide bonds. The van der Waals surface area contributed by atoms with Crippen LogP contribution in [0.2, 0.25) is 0 Å². The molecular weight excluding hydrogens is 254 g/mol. The highest BCUT2D eigenvalue weighted by Gasteiger charge is 2.13. The molecule has 0 unspecified atom stereocenters. The monoisotopic (exact) mass is 273 g/mol. The first-order valence-electron chi connectivity index (χ1n) is 6.29. The molecule has 0 saturated heterocycles. The predicted molar refractivity (Wildman–Crippen MR) is 80.9 cm³/mol. The molecule has 19 heavy (non-hydrogen) atoms. The smallest absolute Gasteiger partial charge is 0.124 e. The van der Waals surface area contributed by atoms with Gasteiger partial charge in [0.25, 0.3) is 0 Å². The second kappa shape index (κ2) is 6.13. The molecule has 2 aromatic carbocycles. The van der Waals surface area contributed by atoms with Crippen LogP contribution in [-0.2, 0) is 0 Å². The summed E-state index contributed by atoms with van der Waals surface area (Å²) in [5.74, 6) is 0.854. The first kappa shape index (κ1) is 14.0. The van der Waals surface area contributed by atoms with Crippen LogP contribution in [0.1, 0.15) is 24.1 Å². The van der Waals surface area contributed by atoms with Gasteiger partial charge >= 0.3 is 0 Å². The van der Waals surface area contributed by atoms with Crippen LogP contribution in [-0.4, -0.2) is 7.11 Å². The molecule has 0 fully saturated rings. The van der Waals surface area contributed by atoms with Gasteiger partial charge in [0, 0.05) is 21.4 Å². The van der Waals surface area contributed by atoms with Crippen molar-refractivity contribution in [3.63, 3.8) is 0 Å². The van der Waals surface area contributed by atoms with Crippen molar-refractivity contribution in [2.24, 2.45) is 5.73 Å². The molecule has 0 saturated carbocycles. The van der Waals surface area contributed by atoms with Gasteiger partial charge in [0.2, 0.25) is 0 Å². The highest BCUT2D eigenvalue weighted by Crippen LogP contribution is 2.37. The minimum absolute atomic E-state index is 0.0524. The molecule has 1 atom stereocenters. The van der Waals surface area contributed by atoms with Gasteiger partial charge in [-0.25, -0.2) is 0 Å². The molecule has 0 radical (unpaired) electrons. The van der Waals surface area contributed by atoms with E-state index in [0.29, 0.717) is 0 Å². The third-order valence-corrected chi connectivity index (χ3v) is 3.98. The van der Waals surface area contributed by atoms with Gasteiger partial charge in [-0.3, -0.25) is 0 Å². The van der Waals surface area contributed by atoms with Crippen molar-refractivity contribution < 1.29 is 4.74 Å². The maximum atomic E-state index is 6.08. The fourth-order valence-electron chi connectivity index (χ4n) is 2.05. The van der Waals surface area contributed by atoms with Crippen LogP contribution in [0.3, 0.4) is 0 Å². The van der Waals surface area contributed by atoms with Crippen LogP contribution < -0.4 is 10.5 Å². The Hall–Kier alpha value is -1.45. The zero-order chi connectivity index (χ0) is 13.8. The third kappa shape index (κ3) is 3.31. The average molecular weight is 273 g/mol. The van der Waals surface area contributed by atoms with Crippen LogP contribution in [0.4, 0.5) is 0 Å². The van der Waals surface area contributed by atoms with Gasteiger partial charge in [0.15, 0.2) is 0 Å². The molecule has 100 valence electrons. The highest BCUT2D eigenvalue weighted by molar-refractivity contribution is 7.99. The summed E-state index contributed by atoms with van der Waals surface area (Å²) >= 11 is 1.73. The standard InChI is InChI=1S/C16H19NOS/c1-11-6-4-7-13(10-11)19-15-9-5-8-14(18-3)16(15)12(2)17/h4-10,12H,17H2,1-3H3/t12-/m0/s1. The van der Waals surface area contributed by atoms with Crippen LogP contribution in [0.5, 0.6) is 5.75 Å². The highest BCUT2D eigenvalue weighted by atomic mass is 32.2. The second-order valence-electron chi connectivity index (χ2n) is 4.58. The number of ether oxygens (including phenoxy) is 1. The molecule has 2 aromatic rings. The molecular formula is C16H19NOS. The van der Waals surface area contributed by atoms with Crippen LogP contribution in [0, 0.1) is 6.92 Å². The van der Waals surface area contributed by atoms with Gasteiger partial charge in [-0.05, 0) is 38.1 Å². The SMILES string of the molecule is COc1cccc(Sc2cccc(C)c2)c1[C@H](C)N. The average Bonchev–Trinajstić information content (AvgIpc) is 2.38. The molecule has 0 aromatic heterocycles. The van der Waals surface area contributed by atoms with E-state index in [1.165, 1.54) is 10.5 Å². The number of methoxy groups -OCH3 is 1. The van der Waals surface area contributed by atoms with Crippen molar-refractivity contribution in [3.8, 4) is 5.75 Å². The Bertz CT molecular complexity index is 566. The summed E-state index contributed by atoms with van der Waals surface area (Å²) < 4.78 is 5.42. The van der Waals surface area contributed by atoms with Crippen molar-refractivity contribution in [2.45, 2.75) is 29.7 Å². The molecule has 2 rings (SSSR count). The molecule has 3 heteroatoms. The first-order chi connectivity index (χ1) is 9.11. The third-order valence-electron chi connectivity index (χ3n) is 2.92. The van der Waals surface area contributed by atoms with Gasteiger partial charge < -0.3 is 10.5 Å². The first-order valence-corrected chi connectivity index (χ1v) is 7.10. The number of aryl methyl sites for hydroxylation is 1. The number of rotatable bonds is 4. The van der Waals surface area contributed by atoms with Crippen LogP contribution in [0.15, 0.2) is 52.3 Å². The lowest BCUT2D eigenvalue weighted by Crippen LogP contribution is -2.08. The minimum atomic E-state index is -0.0524. The van der Waals surface area contributed by atoms with E-state index in [4.69, 9.17) is 10.5 Å². The Balaban J connectivity index is 2.39. The number of nitrogens with two attached hydrogens (primary N) is 1. The largest absolute Gasteiger partial charge is 0.496 e. The second-order valence-corrected chi connectivity index (χ2v) is 5.69. The molecule has 0 heterocycles. The summed E-state index contributed by atoms with van der Waals surface area (Å²) in [7, 11) is 1.68. The lowest BCUT2D eigenvalue weighted by molar-refractivity contribution is 0.405. The molecule has 2 N–H and O–H groups in total. The summed E-state index contributed by atoms with van der Waals surface area (Å²) in [5, 5.41) is 0. The van der Waals surface area contributed by atoms with Gasteiger partial charge in [-0.15, -0.1) is 0 Å². The summed E-state index contributed by atoms with van der Waals surface area (Å²) in [4.78, 5) is 2.37. The fraction of sp³-hybridized carbons (Fsp3) is 0.250. The summed E-state index contributed by atoms with van der Waals surface area (Å²) in [6.07, 6.45) is 0. The van der Waals surface area contributed by atoms with Crippen molar-refractivity contribution in [3.05, 3.63) is 53.6 Å². The predicted octanol–water partition coefficient (Wildman–Crippen LogP) is 4.17. The molecule has 0 bridgehead atoms. The van der Waals surface area contributed by atoms with Crippen molar-refractivity contribution in [2.75, 3.05) is 7.11 Å². The zero-order valence-electron chi connectivity index (χ0n) is 11.5. The van der Waals surface area contributed by atoms with E-state index in [1.807, 2.05) is 19.1 Å². The Morgan fingerprint density at radius 2 is 1.89 bits per heavy atom. The van der Waals surface area contributed by atoms with Crippen molar-refractivity contribution >= 4 is 11.8 Å². The maximum absolute atomic E-state index is 6.08. The quantitative estimate of drug-likeness (QED) is 0.908. The normalized spacial score (nSPS) is 12.2. The lowest BCUT2D eigenvalue weighted by Gasteiger charge is -2.16. The Labute approximate surface area is 119 Å². The zero-order valence-corrected chi connectivity index (χ0v) is 12.3. The fourth-order valence-corrected chi connectivity index (χ4v) is 3.23. The van der Waals surface area contributed by atoms with E-state index in [0.717, 1.165) is 16.2 Å². The van der Waals surface area contributed by atoms with E-state index in [-0.39, 0.29) is 6.04 Å². The lowest BCUT2D eigenvalue weighted by atomic mass is 10.1. The van der Waals surface area contributed by atoms with E-state index in [9.17, 15) is 0 Å². The van der Waals surface area contributed by atoms with E-state index < -0.39 is 0 Å².